The van der Waals surface area contributed by atoms with Gasteiger partial charge in [-0.05, 0) is 25.3 Å². The Morgan fingerprint density at radius 1 is 1.22 bits per heavy atom. The maximum absolute atomic E-state index is 6.14. The van der Waals surface area contributed by atoms with Crippen molar-refractivity contribution in [2.45, 2.75) is 25.3 Å². The molecule has 0 saturated heterocycles. The molecule has 0 bridgehead atoms. The molecule has 0 saturated carbocycles. The highest BCUT2D eigenvalue weighted by molar-refractivity contribution is 6.32. The Hall–Kier alpha value is -1.35. The highest BCUT2D eigenvalue weighted by atomic mass is 35.5. The van der Waals surface area contributed by atoms with Gasteiger partial charge in [0.25, 0.3) is 0 Å². The first-order valence-electron chi connectivity index (χ1n) is 6.09. The van der Waals surface area contributed by atoms with Crippen molar-refractivity contribution in [1.82, 2.24) is 0 Å². The van der Waals surface area contributed by atoms with Crippen molar-refractivity contribution < 1.29 is 9.47 Å². The molecule has 18 heavy (non-hydrogen) atoms. The first kappa shape index (κ1) is 13.1. The van der Waals surface area contributed by atoms with Gasteiger partial charge in [0, 0.05) is 12.1 Å². The van der Waals surface area contributed by atoms with Crippen LogP contribution in [0.3, 0.4) is 0 Å². The van der Waals surface area contributed by atoms with E-state index in [0.29, 0.717) is 16.8 Å². The summed E-state index contributed by atoms with van der Waals surface area (Å²) in [5.41, 5.74) is 0.903. The van der Waals surface area contributed by atoms with Crippen molar-refractivity contribution in [2.24, 2.45) is 0 Å². The summed E-state index contributed by atoms with van der Waals surface area (Å²) in [6.07, 6.45) is 7.90. The summed E-state index contributed by atoms with van der Waals surface area (Å²) in [4.78, 5) is 0. The predicted octanol–water partition coefficient (Wildman–Crippen LogP) is 3.88. The van der Waals surface area contributed by atoms with Crippen LogP contribution in [0, 0.1) is 0 Å². The molecule has 0 heterocycles. The Labute approximate surface area is 113 Å². The Bertz CT molecular complexity index is 446. The highest BCUT2D eigenvalue weighted by Crippen LogP contribution is 2.36. The van der Waals surface area contributed by atoms with E-state index in [0.717, 1.165) is 17.9 Å². The number of allylic oxidation sites excluding steroid dienone is 1. The first-order chi connectivity index (χ1) is 8.74. The third kappa shape index (κ3) is 2.91. The lowest BCUT2D eigenvalue weighted by molar-refractivity contribution is 0.395. The minimum absolute atomic E-state index is 0.345. The number of anilines is 1. The molecule has 2 rings (SSSR count). The third-order valence-electron chi connectivity index (χ3n) is 3.07. The van der Waals surface area contributed by atoms with Crippen LogP contribution >= 0.6 is 11.6 Å². The van der Waals surface area contributed by atoms with Crippen LogP contribution < -0.4 is 14.8 Å². The number of hydrogen-bond acceptors (Lipinski definition) is 3. The van der Waals surface area contributed by atoms with Gasteiger partial charge in [-0.3, -0.25) is 0 Å². The van der Waals surface area contributed by atoms with Crippen LogP contribution in [-0.2, 0) is 0 Å². The second-order valence-corrected chi connectivity index (χ2v) is 4.70. The number of benzene rings is 1. The largest absolute Gasteiger partial charge is 0.495 e. The molecule has 0 aromatic heterocycles. The summed E-state index contributed by atoms with van der Waals surface area (Å²) in [6.45, 7) is 0. The van der Waals surface area contributed by atoms with Crippen molar-refractivity contribution in [3.05, 3.63) is 29.3 Å². The fraction of sp³-hybridized carbons (Fsp3) is 0.429. The number of nitrogens with one attached hydrogen (secondary N) is 1. The highest BCUT2D eigenvalue weighted by Gasteiger charge is 2.14. The summed E-state index contributed by atoms with van der Waals surface area (Å²) in [7, 11) is 3.24. The maximum Gasteiger partial charge on any atom is 0.145 e. The normalized spacial score (nSPS) is 18.5. The maximum atomic E-state index is 6.14. The van der Waals surface area contributed by atoms with E-state index in [-0.39, 0.29) is 0 Å². The minimum Gasteiger partial charge on any atom is -0.495 e. The van der Waals surface area contributed by atoms with E-state index < -0.39 is 0 Å². The van der Waals surface area contributed by atoms with Crippen LogP contribution in [0.25, 0.3) is 0 Å². The Morgan fingerprint density at radius 3 is 2.61 bits per heavy atom. The average molecular weight is 268 g/mol. The lowest BCUT2D eigenvalue weighted by Crippen LogP contribution is -2.19. The lowest BCUT2D eigenvalue weighted by atomic mass is 10.0. The summed E-state index contributed by atoms with van der Waals surface area (Å²) < 4.78 is 10.5. The van der Waals surface area contributed by atoms with Crippen molar-refractivity contribution in [2.75, 3.05) is 19.5 Å². The number of hydrogen-bond donors (Lipinski definition) is 1. The zero-order chi connectivity index (χ0) is 13.0. The summed E-state index contributed by atoms with van der Waals surface area (Å²) in [5.74, 6) is 1.37. The van der Waals surface area contributed by atoms with Crippen molar-refractivity contribution in [3.8, 4) is 11.5 Å². The monoisotopic (exact) mass is 267 g/mol. The third-order valence-corrected chi connectivity index (χ3v) is 3.36. The van der Waals surface area contributed by atoms with Crippen LogP contribution in [0.2, 0.25) is 5.02 Å². The number of ether oxygens (including phenoxy) is 2. The second kappa shape index (κ2) is 6.01. The molecule has 1 aliphatic rings. The molecule has 1 N–H and O–H groups in total. The quantitative estimate of drug-likeness (QED) is 0.840. The molecule has 98 valence electrons. The van der Waals surface area contributed by atoms with Crippen LogP contribution in [0.5, 0.6) is 11.5 Å². The van der Waals surface area contributed by atoms with E-state index in [1.165, 1.54) is 12.8 Å². The molecule has 1 aromatic carbocycles. The first-order valence-corrected chi connectivity index (χ1v) is 6.47. The van der Waals surface area contributed by atoms with Crippen molar-refractivity contribution in [3.63, 3.8) is 0 Å². The van der Waals surface area contributed by atoms with Gasteiger partial charge in [0.1, 0.15) is 11.5 Å². The smallest absolute Gasteiger partial charge is 0.145 e. The average Bonchev–Trinajstić information content (AvgIpc) is 2.40. The molecule has 1 atom stereocenters. The van der Waals surface area contributed by atoms with E-state index >= 15 is 0 Å². The minimum atomic E-state index is 0.345. The molecule has 1 aromatic rings. The zero-order valence-corrected chi connectivity index (χ0v) is 11.5. The fourth-order valence-corrected chi connectivity index (χ4v) is 2.35. The zero-order valence-electron chi connectivity index (χ0n) is 10.7. The molecule has 0 fully saturated rings. The lowest BCUT2D eigenvalue weighted by Gasteiger charge is -2.21. The fourth-order valence-electron chi connectivity index (χ4n) is 2.11. The van der Waals surface area contributed by atoms with Gasteiger partial charge < -0.3 is 14.8 Å². The summed E-state index contributed by atoms with van der Waals surface area (Å²) in [6, 6.07) is 4.00. The molecule has 0 aliphatic heterocycles. The Kier molecular flexibility index (Phi) is 4.37. The van der Waals surface area contributed by atoms with E-state index in [4.69, 9.17) is 21.1 Å². The van der Waals surface area contributed by atoms with E-state index in [9.17, 15) is 0 Å². The van der Waals surface area contributed by atoms with Crippen LogP contribution in [0.1, 0.15) is 19.3 Å². The molecule has 0 spiro atoms. The number of halogens is 1. The second-order valence-electron chi connectivity index (χ2n) is 4.30. The number of rotatable bonds is 4. The van der Waals surface area contributed by atoms with Crippen molar-refractivity contribution >= 4 is 17.3 Å². The van der Waals surface area contributed by atoms with Crippen LogP contribution in [0.4, 0.5) is 5.69 Å². The van der Waals surface area contributed by atoms with Gasteiger partial charge in [-0.1, -0.05) is 23.8 Å². The van der Waals surface area contributed by atoms with Gasteiger partial charge >= 0.3 is 0 Å². The van der Waals surface area contributed by atoms with Gasteiger partial charge in [-0.25, -0.2) is 0 Å². The van der Waals surface area contributed by atoms with Gasteiger partial charge in [-0.15, -0.1) is 0 Å². The molecule has 3 nitrogen and oxygen atoms in total. The Balaban J connectivity index is 2.23. The van der Waals surface area contributed by atoms with Gasteiger partial charge in [-0.2, -0.15) is 0 Å². The van der Waals surface area contributed by atoms with Gasteiger partial charge in [0.15, 0.2) is 0 Å². The predicted molar refractivity (Wildman–Crippen MR) is 75.0 cm³/mol. The number of methoxy groups -OCH3 is 2. The molecule has 0 radical (unpaired) electrons. The van der Waals surface area contributed by atoms with E-state index in [2.05, 4.69) is 17.5 Å². The van der Waals surface area contributed by atoms with Crippen LogP contribution in [0.15, 0.2) is 24.3 Å². The molecular weight excluding hydrogens is 250 g/mol. The SMILES string of the molecule is COc1cc(OC)c(NC2C=CCCC2)cc1Cl. The molecule has 0 amide bonds. The molecule has 1 aliphatic carbocycles. The molecular formula is C14H18ClNO2. The van der Waals surface area contributed by atoms with Gasteiger partial charge in [0.2, 0.25) is 0 Å². The molecule has 4 heteroatoms. The van der Waals surface area contributed by atoms with Crippen molar-refractivity contribution in [1.29, 1.82) is 0 Å². The Morgan fingerprint density at radius 2 is 2.00 bits per heavy atom. The van der Waals surface area contributed by atoms with E-state index in [1.807, 2.05) is 6.07 Å². The summed E-state index contributed by atoms with van der Waals surface area (Å²) >= 11 is 6.14. The van der Waals surface area contributed by atoms with E-state index in [1.54, 1.807) is 20.3 Å². The topological polar surface area (TPSA) is 30.5 Å². The van der Waals surface area contributed by atoms with Gasteiger partial charge in [0.05, 0.1) is 24.9 Å². The standard InChI is InChI=1S/C14H18ClNO2/c1-17-13-9-14(18-2)12(8-11(13)15)16-10-6-4-3-5-7-10/h4,6,8-10,16H,3,5,7H2,1-2H3. The van der Waals surface area contributed by atoms with Crippen LogP contribution in [-0.4, -0.2) is 20.3 Å². The molecule has 1 unspecified atom stereocenters. The summed E-state index contributed by atoms with van der Waals surface area (Å²) in [5, 5.41) is 4.02.